The van der Waals surface area contributed by atoms with Crippen molar-refractivity contribution in [1.82, 2.24) is 15.0 Å². The molecule has 0 atom stereocenters. The van der Waals surface area contributed by atoms with Crippen LogP contribution in [-0.2, 0) is 14.8 Å². The molecule has 1 aliphatic rings. The van der Waals surface area contributed by atoms with Crippen LogP contribution in [0.5, 0.6) is 11.6 Å². The number of hydrogen-bond donors (Lipinski definition) is 2. The second-order valence-electron chi connectivity index (χ2n) is 9.37. The molecule has 4 aromatic rings. The Morgan fingerprint density at radius 2 is 1.88 bits per heavy atom. The molecule has 0 aliphatic carbocycles. The van der Waals surface area contributed by atoms with Crippen LogP contribution in [-0.4, -0.2) is 50.3 Å². The van der Waals surface area contributed by atoms with Crippen LogP contribution in [0.3, 0.4) is 0 Å². The molecular formula is C27H27F2N5O5S. The highest BCUT2D eigenvalue weighted by Crippen LogP contribution is 2.36. The predicted molar refractivity (Wildman–Crippen MR) is 145 cm³/mol. The maximum Gasteiger partial charge on any atom is 0.264 e. The average molecular weight is 572 g/mol. The van der Waals surface area contributed by atoms with Gasteiger partial charge in [-0.1, -0.05) is 0 Å². The summed E-state index contributed by atoms with van der Waals surface area (Å²) in [4.78, 5) is 12.2. The first-order valence-corrected chi connectivity index (χ1v) is 13.9. The largest absolute Gasteiger partial charge is 0.491 e. The molecule has 13 heteroatoms. The topological polar surface area (TPSA) is 139 Å². The van der Waals surface area contributed by atoms with Crippen molar-refractivity contribution in [2.75, 3.05) is 37.4 Å². The number of anilines is 2. The summed E-state index contributed by atoms with van der Waals surface area (Å²) in [6.07, 6.45) is 3.27. The average Bonchev–Trinajstić information content (AvgIpc) is 2.92. The zero-order valence-corrected chi connectivity index (χ0v) is 22.6. The molecule has 0 amide bonds. The molecule has 0 bridgehead atoms. The summed E-state index contributed by atoms with van der Waals surface area (Å²) < 4.78 is 72.8. The van der Waals surface area contributed by atoms with Crippen LogP contribution in [0, 0.1) is 24.5 Å². The molecular weight excluding hydrogens is 544 g/mol. The standard InChI is InChI=1S/C27H27F2N5O5S/c1-15-20-9-17(11-23(25(20)33-27(30)32-15)39-14-16-5-7-38-8-6-16)18-10-22(26(37-2)31-13-18)34-40(35,36)24-4-3-19(28)12-21(24)29/h3-4,9-13,16,34H,5-8,14H2,1-2H3,(H2,30,32,33). The summed E-state index contributed by atoms with van der Waals surface area (Å²) >= 11 is 0. The van der Waals surface area contributed by atoms with E-state index in [0.29, 0.717) is 65.3 Å². The first kappa shape index (κ1) is 27.5. The molecule has 1 saturated heterocycles. The fourth-order valence-corrected chi connectivity index (χ4v) is 5.62. The molecule has 0 radical (unpaired) electrons. The summed E-state index contributed by atoms with van der Waals surface area (Å²) in [6, 6.07) is 7.30. The first-order valence-electron chi connectivity index (χ1n) is 12.5. The number of nitrogens with two attached hydrogens (primary N) is 1. The van der Waals surface area contributed by atoms with Crippen LogP contribution < -0.4 is 19.9 Å². The molecule has 2 aromatic heterocycles. The van der Waals surface area contributed by atoms with Crippen molar-refractivity contribution >= 4 is 32.6 Å². The van der Waals surface area contributed by atoms with Crippen LogP contribution >= 0.6 is 0 Å². The van der Waals surface area contributed by atoms with E-state index in [-0.39, 0.29) is 17.5 Å². The van der Waals surface area contributed by atoms with Crippen molar-refractivity contribution in [3.05, 3.63) is 59.9 Å². The van der Waals surface area contributed by atoms with Gasteiger partial charge >= 0.3 is 0 Å². The van der Waals surface area contributed by atoms with Gasteiger partial charge in [-0.15, -0.1) is 0 Å². The van der Waals surface area contributed by atoms with Gasteiger partial charge in [-0.2, -0.15) is 0 Å². The van der Waals surface area contributed by atoms with Crippen molar-refractivity contribution in [2.45, 2.75) is 24.7 Å². The third kappa shape index (κ3) is 5.75. The van der Waals surface area contributed by atoms with Gasteiger partial charge in [0.15, 0.2) is 0 Å². The minimum atomic E-state index is -4.45. The number of pyridine rings is 1. The monoisotopic (exact) mass is 571 g/mol. The van der Waals surface area contributed by atoms with Gasteiger partial charge in [0.25, 0.3) is 10.0 Å². The lowest BCUT2D eigenvalue weighted by Crippen LogP contribution is -2.21. The summed E-state index contributed by atoms with van der Waals surface area (Å²) in [7, 11) is -3.13. The fourth-order valence-electron chi connectivity index (χ4n) is 4.51. The molecule has 3 N–H and O–H groups in total. The Kier molecular flexibility index (Phi) is 7.68. The highest BCUT2D eigenvalue weighted by atomic mass is 32.2. The number of halogens is 2. The summed E-state index contributed by atoms with van der Waals surface area (Å²) in [5, 5.41) is 0.694. The molecule has 10 nitrogen and oxygen atoms in total. The maximum absolute atomic E-state index is 14.3. The molecule has 210 valence electrons. The Hall–Kier alpha value is -4.10. The van der Waals surface area contributed by atoms with Crippen LogP contribution in [0.4, 0.5) is 20.4 Å². The second-order valence-corrected chi connectivity index (χ2v) is 11.0. The number of rotatable bonds is 8. The lowest BCUT2D eigenvalue weighted by molar-refractivity contribution is 0.0500. The Morgan fingerprint density at radius 3 is 2.60 bits per heavy atom. The zero-order valence-electron chi connectivity index (χ0n) is 21.8. The Balaban J connectivity index is 1.55. The van der Waals surface area contributed by atoms with Gasteiger partial charge in [0.1, 0.15) is 33.5 Å². The normalized spacial score (nSPS) is 14.3. The molecule has 2 aromatic carbocycles. The molecule has 3 heterocycles. The van der Waals surface area contributed by atoms with Crippen LogP contribution in [0.1, 0.15) is 18.5 Å². The third-order valence-electron chi connectivity index (χ3n) is 6.59. The van der Waals surface area contributed by atoms with E-state index in [1.807, 2.05) is 6.07 Å². The lowest BCUT2D eigenvalue weighted by atomic mass is 10.0. The van der Waals surface area contributed by atoms with E-state index in [9.17, 15) is 17.2 Å². The number of hydrogen-bond acceptors (Lipinski definition) is 9. The fraction of sp³-hybridized carbons (Fsp3) is 0.296. The van der Waals surface area contributed by atoms with Crippen molar-refractivity contribution in [2.24, 2.45) is 5.92 Å². The van der Waals surface area contributed by atoms with E-state index in [1.165, 1.54) is 19.4 Å². The maximum atomic E-state index is 14.3. The van der Waals surface area contributed by atoms with E-state index in [4.69, 9.17) is 19.9 Å². The van der Waals surface area contributed by atoms with Crippen molar-refractivity contribution < 1.29 is 31.4 Å². The molecule has 5 rings (SSSR count). The van der Waals surface area contributed by atoms with Crippen molar-refractivity contribution in [3.8, 4) is 22.8 Å². The van der Waals surface area contributed by atoms with Gasteiger partial charge in [0, 0.05) is 36.4 Å². The van der Waals surface area contributed by atoms with Crippen LogP contribution in [0.25, 0.3) is 22.0 Å². The van der Waals surface area contributed by atoms with E-state index in [1.54, 1.807) is 13.0 Å². The molecule has 0 spiro atoms. The van der Waals surface area contributed by atoms with Crippen LogP contribution in [0.2, 0.25) is 0 Å². The van der Waals surface area contributed by atoms with Crippen molar-refractivity contribution in [3.63, 3.8) is 0 Å². The quantitative estimate of drug-likeness (QED) is 0.314. The minimum Gasteiger partial charge on any atom is -0.491 e. The Morgan fingerprint density at radius 1 is 1.10 bits per heavy atom. The number of benzene rings is 2. The number of aryl methyl sites for hydroxylation is 1. The van der Waals surface area contributed by atoms with Gasteiger partial charge in [-0.3, -0.25) is 4.72 Å². The molecule has 0 unspecified atom stereocenters. The highest BCUT2D eigenvalue weighted by molar-refractivity contribution is 7.92. The smallest absolute Gasteiger partial charge is 0.264 e. The third-order valence-corrected chi connectivity index (χ3v) is 7.99. The minimum absolute atomic E-state index is 0.0427. The Labute approximate surface area is 229 Å². The van der Waals surface area contributed by atoms with E-state index < -0.39 is 26.6 Å². The number of nitrogen functional groups attached to an aromatic ring is 1. The zero-order chi connectivity index (χ0) is 28.4. The number of aromatic nitrogens is 3. The molecule has 1 aliphatic heterocycles. The van der Waals surface area contributed by atoms with Crippen LogP contribution in [0.15, 0.2) is 47.5 Å². The number of ether oxygens (including phenoxy) is 3. The molecule has 0 saturated carbocycles. The summed E-state index contributed by atoms with van der Waals surface area (Å²) in [6.45, 7) is 3.62. The summed E-state index contributed by atoms with van der Waals surface area (Å²) in [5.74, 6) is -1.25. The number of sulfonamides is 1. The van der Waals surface area contributed by atoms with Gasteiger partial charge in [-0.25, -0.2) is 32.2 Å². The number of fused-ring (bicyclic) bond motifs is 1. The second kappa shape index (κ2) is 11.2. The van der Waals surface area contributed by atoms with Gasteiger partial charge in [-0.05, 0) is 61.6 Å². The van der Waals surface area contributed by atoms with Crippen molar-refractivity contribution in [1.29, 1.82) is 0 Å². The SMILES string of the molecule is COc1ncc(-c2cc(OCC3CCOCC3)c3nc(N)nc(C)c3c2)cc1NS(=O)(=O)c1ccc(F)cc1F. The van der Waals surface area contributed by atoms with Gasteiger partial charge in [0.05, 0.1) is 19.4 Å². The number of nitrogens with zero attached hydrogens (tertiary/aromatic N) is 3. The van der Waals surface area contributed by atoms with E-state index in [0.717, 1.165) is 25.0 Å². The summed E-state index contributed by atoms with van der Waals surface area (Å²) in [5.41, 5.74) is 8.21. The number of methoxy groups -OCH3 is 1. The van der Waals surface area contributed by atoms with Gasteiger partial charge < -0.3 is 19.9 Å². The van der Waals surface area contributed by atoms with Gasteiger partial charge in [0.2, 0.25) is 11.8 Å². The first-order chi connectivity index (χ1) is 19.1. The highest BCUT2D eigenvalue weighted by Gasteiger charge is 2.23. The molecule has 1 fully saturated rings. The van der Waals surface area contributed by atoms with E-state index >= 15 is 0 Å². The molecule has 40 heavy (non-hydrogen) atoms. The lowest BCUT2D eigenvalue weighted by Gasteiger charge is -2.22. The number of nitrogens with one attached hydrogen (secondary N) is 1. The predicted octanol–water partition coefficient (Wildman–Crippen LogP) is 4.48. The van der Waals surface area contributed by atoms with E-state index in [2.05, 4.69) is 19.7 Å². The Bertz CT molecular complexity index is 1680.